The predicted molar refractivity (Wildman–Crippen MR) is 61.8 cm³/mol. The molecule has 0 radical (unpaired) electrons. The zero-order valence-corrected chi connectivity index (χ0v) is 10.1. The number of hydrogen-bond acceptors (Lipinski definition) is 3. The Morgan fingerprint density at radius 1 is 1.57 bits per heavy atom. The highest BCUT2D eigenvalue weighted by molar-refractivity contribution is 7.80. The van der Waals surface area contributed by atoms with E-state index >= 15 is 0 Å². The molecule has 0 bridgehead atoms. The van der Waals surface area contributed by atoms with Crippen molar-refractivity contribution >= 4 is 18.7 Å². The molecule has 0 spiro atoms. The van der Waals surface area contributed by atoms with Gasteiger partial charge in [0, 0.05) is 5.75 Å². The molecule has 14 heavy (non-hydrogen) atoms. The van der Waals surface area contributed by atoms with Gasteiger partial charge >= 0.3 is 6.09 Å². The first-order chi connectivity index (χ1) is 6.39. The van der Waals surface area contributed by atoms with E-state index in [1.165, 1.54) is 0 Å². The fourth-order valence-corrected chi connectivity index (χ4v) is 1.06. The highest BCUT2D eigenvalue weighted by Crippen LogP contribution is 2.07. The minimum atomic E-state index is -0.457. The number of amides is 1. The molecule has 0 fully saturated rings. The van der Waals surface area contributed by atoms with Crippen molar-refractivity contribution in [3.05, 3.63) is 12.2 Å². The third kappa shape index (κ3) is 6.83. The second-order valence-corrected chi connectivity index (χ2v) is 4.33. The number of carbonyl (C=O) groups excluding carboxylic acids is 1. The van der Waals surface area contributed by atoms with E-state index in [1.807, 2.05) is 39.8 Å². The van der Waals surface area contributed by atoms with Crippen LogP contribution in [0.1, 0.15) is 27.7 Å². The zero-order chi connectivity index (χ0) is 11.2. The van der Waals surface area contributed by atoms with Gasteiger partial charge in [0.1, 0.15) is 5.60 Å². The van der Waals surface area contributed by atoms with Crippen LogP contribution in [0.3, 0.4) is 0 Å². The molecule has 0 rings (SSSR count). The van der Waals surface area contributed by atoms with Gasteiger partial charge in [-0.05, 0) is 27.7 Å². The standard InChI is InChI=1S/C10H19NO2S/c1-5-6-8(7-14)11-9(12)13-10(2,3)4/h5-6,8,14H,7H2,1-4H3,(H,11,12)/b6-5-/t8-/m1/s1. The maximum absolute atomic E-state index is 11.3. The molecule has 1 N–H and O–H groups in total. The third-order valence-corrected chi connectivity index (χ3v) is 1.72. The lowest BCUT2D eigenvalue weighted by molar-refractivity contribution is 0.0519. The highest BCUT2D eigenvalue weighted by atomic mass is 32.1. The van der Waals surface area contributed by atoms with Crippen LogP contribution in [0.25, 0.3) is 0 Å². The van der Waals surface area contributed by atoms with Crippen LogP contribution in [-0.4, -0.2) is 23.5 Å². The molecule has 0 aromatic rings. The van der Waals surface area contributed by atoms with Crippen LogP contribution >= 0.6 is 12.6 Å². The summed E-state index contributed by atoms with van der Waals surface area (Å²) < 4.78 is 5.10. The molecule has 0 aromatic heterocycles. The predicted octanol–water partition coefficient (Wildman–Crippen LogP) is 2.39. The Bertz CT molecular complexity index is 209. The van der Waals surface area contributed by atoms with Crippen LogP contribution < -0.4 is 5.32 Å². The summed E-state index contributed by atoms with van der Waals surface area (Å²) in [6.07, 6.45) is 3.34. The second kappa shape index (κ2) is 5.96. The Morgan fingerprint density at radius 2 is 2.14 bits per heavy atom. The van der Waals surface area contributed by atoms with E-state index in [1.54, 1.807) is 0 Å². The van der Waals surface area contributed by atoms with E-state index in [4.69, 9.17) is 4.74 Å². The molecular formula is C10H19NO2S. The molecule has 4 heteroatoms. The van der Waals surface area contributed by atoms with Gasteiger partial charge in [0.2, 0.25) is 0 Å². The fourth-order valence-electron chi connectivity index (χ4n) is 0.846. The van der Waals surface area contributed by atoms with Crippen molar-refractivity contribution in [3.63, 3.8) is 0 Å². The van der Waals surface area contributed by atoms with Crippen molar-refractivity contribution in [2.75, 3.05) is 5.75 Å². The quantitative estimate of drug-likeness (QED) is 0.562. The second-order valence-electron chi connectivity index (χ2n) is 3.96. The van der Waals surface area contributed by atoms with Crippen LogP contribution in [-0.2, 0) is 4.74 Å². The molecule has 0 aliphatic carbocycles. The Balaban J connectivity index is 4.04. The third-order valence-electron chi connectivity index (χ3n) is 1.32. The van der Waals surface area contributed by atoms with Gasteiger partial charge in [-0.2, -0.15) is 12.6 Å². The van der Waals surface area contributed by atoms with E-state index in [0.717, 1.165) is 0 Å². The summed E-state index contributed by atoms with van der Waals surface area (Å²) >= 11 is 4.11. The first-order valence-corrected chi connectivity index (χ1v) is 5.25. The van der Waals surface area contributed by atoms with Gasteiger partial charge in [-0.25, -0.2) is 4.79 Å². The Morgan fingerprint density at radius 3 is 2.50 bits per heavy atom. The minimum absolute atomic E-state index is 0.0711. The lowest BCUT2D eigenvalue weighted by Crippen LogP contribution is -2.39. The van der Waals surface area contributed by atoms with Crippen LogP contribution in [0.15, 0.2) is 12.2 Å². The summed E-state index contributed by atoms with van der Waals surface area (Å²) in [7, 11) is 0. The lowest BCUT2D eigenvalue weighted by atomic mass is 10.2. The van der Waals surface area contributed by atoms with E-state index < -0.39 is 11.7 Å². The summed E-state index contributed by atoms with van der Waals surface area (Å²) in [4.78, 5) is 11.3. The summed E-state index contributed by atoms with van der Waals surface area (Å²) in [5.41, 5.74) is -0.457. The van der Waals surface area contributed by atoms with Crippen LogP contribution in [0.5, 0.6) is 0 Å². The van der Waals surface area contributed by atoms with Crippen molar-refractivity contribution in [1.82, 2.24) is 5.32 Å². The number of allylic oxidation sites excluding steroid dienone is 1. The number of nitrogens with one attached hydrogen (secondary N) is 1. The van der Waals surface area contributed by atoms with Crippen LogP contribution in [0.2, 0.25) is 0 Å². The smallest absolute Gasteiger partial charge is 0.408 e. The largest absolute Gasteiger partial charge is 0.444 e. The van der Waals surface area contributed by atoms with E-state index in [2.05, 4.69) is 17.9 Å². The summed E-state index contributed by atoms with van der Waals surface area (Å²) in [6.45, 7) is 7.39. The monoisotopic (exact) mass is 217 g/mol. The van der Waals surface area contributed by atoms with Crippen LogP contribution in [0.4, 0.5) is 4.79 Å². The highest BCUT2D eigenvalue weighted by Gasteiger charge is 2.17. The molecular weight excluding hydrogens is 198 g/mol. The molecule has 82 valence electrons. The van der Waals surface area contributed by atoms with Gasteiger partial charge in [0.25, 0.3) is 0 Å². The normalized spacial score (nSPS) is 14.1. The molecule has 1 amide bonds. The lowest BCUT2D eigenvalue weighted by Gasteiger charge is -2.21. The molecule has 0 aromatic carbocycles. The average Bonchev–Trinajstić information content (AvgIpc) is 2.00. The fraction of sp³-hybridized carbons (Fsp3) is 0.700. The Labute approximate surface area is 91.3 Å². The first kappa shape index (κ1) is 13.4. The SMILES string of the molecule is C/C=C\[C@H](CS)NC(=O)OC(C)(C)C. The number of carbonyl (C=O) groups is 1. The summed E-state index contributed by atoms with van der Waals surface area (Å²) in [5.74, 6) is 0.559. The van der Waals surface area contributed by atoms with Crippen molar-refractivity contribution < 1.29 is 9.53 Å². The molecule has 0 unspecified atom stereocenters. The van der Waals surface area contributed by atoms with E-state index in [0.29, 0.717) is 5.75 Å². The average molecular weight is 217 g/mol. The number of rotatable bonds is 3. The maximum atomic E-state index is 11.3. The van der Waals surface area contributed by atoms with Crippen molar-refractivity contribution in [3.8, 4) is 0 Å². The van der Waals surface area contributed by atoms with Crippen LogP contribution in [0, 0.1) is 0 Å². The summed E-state index contributed by atoms with van der Waals surface area (Å²) in [5, 5.41) is 2.70. The van der Waals surface area contributed by atoms with E-state index in [-0.39, 0.29) is 6.04 Å². The van der Waals surface area contributed by atoms with Gasteiger partial charge in [-0.3, -0.25) is 0 Å². The summed E-state index contributed by atoms with van der Waals surface area (Å²) in [6, 6.07) is -0.0711. The van der Waals surface area contributed by atoms with Gasteiger partial charge < -0.3 is 10.1 Å². The number of ether oxygens (including phenoxy) is 1. The van der Waals surface area contributed by atoms with E-state index in [9.17, 15) is 4.79 Å². The van der Waals surface area contributed by atoms with Gasteiger partial charge in [0.05, 0.1) is 6.04 Å². The van der Waals surface area contributed by atoms with Crippen molar-refractivity contribution in [1.29, 1.82) is 0 Å². The zero-order valence-electron chi connectivity index (χ0n) is 9.20. The Kier molecular flexibility index (Phi) is 5.69. The first-order valence-electron chi connectivity index (χ1n) is 4.62. The molecule has 0 aliphatic rings. The van der Waals surface area contributed by atoms with Gasteiger partial charge in [0.15, 0.2) is 0 Å². The number of thiol groups is 1. The molecule has 0 aliphatic heterocycles. The molecule has 0 saturated heterocycles. The minimum Gasteiger partial charge on any atom is -0.444 e. The van der Waals surface area contributed by atoms with Crippen molar-refractivity contribution in [2.24, 2.45) is 0 Å². The molecule has 1 atom stereocenters. The van der Waals surface area contributed by atoms with Crippen molar-refractivity contribution in [2.45, 2.75) is 39.3 Å². The molecule has 3 nitrogen and oxygen atoms in total. The maximum Gasteiger partial charge on any atom is 0.408 e. The van der Waals surface area contributed by atoms with Gasteiger partial charge in [-0.15, -0.1) is 0 Å². The molecule has 0 saturated carbocycles. The Hall–Kier alpha value is -0.640. The number of alkyl carbamates (subject to hydrolysis) is 1. The van der Waals surface area contributed by atoms with Gasteiger partial charge in [-0.1, -0.05) is 12.2 Å². The molecule has 0 heterocycles. The topological polar surface area (TPSA) is 38.3 Å². The number of hydrogen-bond donors (Lipinski definition) is 2.